The van der Waals surface area contributed by atoms with Gasteiger partial charge in [-0.2, -0.15) is 5.10 Å². The van der Waals surface area contributed by atoms with Gasteiger partial charge in [-0.25, -0.2) is 0 Å². The van der Waals surface area contributed by atoms with Crippen LogP contribution in [0.25, 0.3) is 22.4 Å². The second-order valence-corrected chi connectivity index (χ2v) is 5.51. The zero-order valence-electron chi connectivity index (χ0n) is 11.4. The fourth-order valence-electron chi connectivity index (χ4n) is 2.25. The maximum absolute atomic E-state index is 6.04. The fraction of sp³-hybridized carbons (Fsp3) is 0.0625. The zero-order chi connectivity index (χ0) is 14.8. The summed E-state index contributed by atoms with van der Waals surface area (Å²) in [5.74, 6) is 1.26. The van der Waals surface area contributed by atoms with E-state index in [-0.39, 0.29) is 0 Å². The molecule has 0 saturated carbocycles. The van der Waals surface area contributed by atoms with Gasteiger partial charge in [0.05, 0.1) is 18.4 Å². The Bertz CT molecular complexity index is 765. The first kappa shape index (κ1) is 13.7. The number of aromatic nitrogens is 2. The normalized spacial score (nSPS) is 10.6. The van der Waals surface area contributed by atoms with Gasteiger partial charge in [0.1, 0.15) is 5.75 Å². The summed E-state index contributed by atoms with van der Waals surface area (Å²) in [5.41, 5.74) is 9.82. The van der Waals surface area contributed by atoms with E-state index in [0.717, 1.165) is 32.6 Å². The molecule has 0 atom stereocenters. The van der Waals surface area contributed by atoms with E-state index >= 15 is 0 Å². The molecule has 0 unspecified atom stereocenters. The molecule has 1 heterocycles. The quantitative estimate of drug-likeness (QED) is 0.752. The van der Waals surface area contributed by atoms with E-state index < -0.39 is 0 Å². The maximum atomic E-state index is 6.04. The number of nitrogens with one attached hydrogen (secondary N) is 1. The van der Waals surface area contributed by atoms with Gasteiger partial charge in [0.25, 0.3) is 0 Å². The Hall–Kier alpha value is -2.27. The van der Waals surface area contributed by atoms with Crippen molar-refractivity contribution in [3.8, 4) is 28.1 Å². The van der Waals surface area contributed by atoms with E-state index in [2.05, 4.69) is 26.1 Å². The van der Waals surface area contributed by atoms with E-state index in [4.69, 9.17) is 10.5 Å². The van der Waals surface area contributed by atoms with Gasteiger partial charge in [0.15, 0.2) is 5.82 Å². The van der Waals surface area contributed by atoms with Crippen LogP contribution >= 0.6 is 15.9 Å². The molecule has 3 rings (SSSR count). The Labute approximate surface area is 131 Å². The van der Waals surface area contributed by atoms with Crippen LogP contribution < -0.4 is 10.5 Å². The Kier molecular flexibility index (Phi) is 3.66. The smallest absolute Gasteiger partial charge is 0.153 e. The van der Waals surface area contributed by atoms with Crippen molar-refractivity contribution in [3.63, 3.8) is 0 Å². The van der Waals surface area contributed by atoms with Crippen LogP contribution in [-0.4, -0.2) is 17.3 Å². The van der Waals surface area contributed by atoms with Crippen molar-refractivity contribution in [2.24, 2.45) is 0 Å². The van der Waals surface area contributed by atoms with Gasteiger partial charge in [-0.05, 0) is 29.8 Å². The van der Waals surface area contributed by atoms with Crippen molar-refractivity contribution in [3.05, 3.63) is 53.0 Å². The van der Waals surface area contributed by atoms with E-state index in [1.54, 1.807) is 7.11 Å². The van der Waals surface area contributed by atoms with Gasteiger partial charge in [-0.15, -0.1) is 0 Å². The minimum atomic E-state index is 0.473. The Morgan fingerprint density at radius 2 is 1.86 bits per heavy atom. The number of benzene rings is 2. The molecule has 1 aromatic heterocycles. The number of nitrogens with zero attached hydrogens (tertiary/aromatic N) is 1. The summed E-state index contributed by atoms with van der Waals surface area (Å²) in [5, 5.41) is 7.16. The molecule has 3 aromatic rings. The first-order valence-corrected chi connectivity index (χ1v) is 7.22. The minimum Gasteiger partial charge on any atom is -0.497 e. The molecule has 0 aliphatic heterocycles. The highest BCUT2D eigenvalue weighted by Gasteiger charge is 2.15. The largest absolute Gasteiger partial charge is 0.497 e. The number of methoxy groups -OCH3 is 1. The third kappa shape index (κ3) is 2.64. The number of nitrogen functional groups attached to an aromatic ring is 1. The number of hydrogen-bond acceptors (Lipinski definition) is 3. The summed E-state index contributed by atoms with van der Waals surface area (Å²) in [6.07, 6.45) is 0. The molecule has 0 amide bonds. The van der Waals surface area contributed by atoms with Crippen molar-refractivity contribution in [1.29, 1.82) is 0 Å². The van der Waals surface area contributed by atoms with Crippen molar-refractivity contribution >= 4 is 21.7 Å². The summed E-state index contributed by atoms with van der Waals surface area (Å²) < 4.78 is 6.31. The second kappa shape index (κ2) is 5.61. The number of anilines is 1. The standard InChI is InChI=1S/C16H14BrN3O/c1-21-13-4-2-3-11(9-13)14-15(19-20-16(14)18)10-5-7-12(17)8-6-10/h2-9H,1H3,(H3,18,19,20). The number of H-pyrrole nitrogens is 1. The predicted octanol–water partition coefficient (Wildman–Crippen LogP) is 4.10. The second-order valence-electron chi connectivity index (χ2n) is 4.60. The Morgan fingerprint density at radius 1 is 1.10 bits per heavy atom. The van der Waals surface area contributed by atoms with Gasteiger partial charge in [-0.3, -0.25) is 5.10 Å². The molecule has 4 nitrogen and oxygen atoms in total. The average Bonchev–Trinajstić information content (AvgIpc) is 2.90. The highest BCUT2D eigenvalue weighted by Crippen LogP contribution is 2.36. The van der Waals surface area contributed by atoms with Crippen LogP contribution in [0.1, 0.15) is 0 Å². The molecule has 3 N–H and O–H groups in total. The molecule has 0 aliphatic rings. The first-order chi connectivity index (χ1) is 10.2. The van der Waals surface area contributed by atoms with E-state index in [9.17, 15) is 0 Å². The summed E-state index contributed by atoms with van der Waals surface area (Å²) in [7, 11) is 1.65. The van der Waals surface area contributed by atoms with Crippen LogP contribution in [0.4, 0.5) is 5.82 Å². The van der Waals surface area contributed by atoms with Gasteiger partial charge >= 0.3 is 0 Å². The highest BCUT2D eigenvalue weighted by atomic mass is 79.9. The molecule has 0 radical (unpaired) electrons. The lowest BCUT2D eigenvalue weighted by Gasteiger charge is -2.07. The van der Waals surface area contributed by atoms with E-state index in [1.165, 1.54) is 0 Å². The zero-order valence-corrected chi connectivity index (χ0v) is 13.0. The Balaban J connectivity index is 2.14. The summed E-state index contributed by atoms with van der Waals surface area (Å²) in [4.78, 5) is 0. The predicted molar refractivity (Wildman–Crippen MR) is 88.1 cm³/mol. The number of rotatable bonds is 3. The van der Waals surface area contributed by atoms with Crippen LogP contribution in [-0.2, 0) is 0 Å². The molecule has 106 valence electrons. The monoisotopic (exact) mass is 343 g/mol. The maximum Gasteiger partial charge on any atom is 0.153 e. The molecule has 0 fully saturated rings. The molecule has 0 saturated heterocycles. The van der Waals surface area contributed by atoms with Crippen molar-refractivity contribution in [2.45, 2.75) is 0 Å². The minimum absolute atomic E-state index is 0.473. The van der Waals surface area contributed by atoms with Crippen molar-refractivity contribution in [2.75, 3.05) is 12.8 Å². The SMILES string of the molecule is COc1cccc(-c2c(N)n[nH]c2-c2ccc(Br)cc2)c1. The van der Waals surface area contributed by atoms with Crippen molar-refractivity contribution < 1.29 is 4.74 Å². The molecule has 0 bridgehead atoms. The molecule has 0 spiro atoms. The molecular weight excluding hydrogens is 330 g/mol. The molecule has 5 heteroatoms. The first-order valence-electron chi connectivity index (χ1n) is 6.43. The lowest BCUT2D eigenvalue weighted by molar-refractivity contribution is 0.415. The number of nitrogens with two attached hydrogens (primary N) is 1. The average molecular weight is 344 g/mol. The van der Waals surface area contributed by atoms with Crippen molar-refractivity contribution in [1.82, 2.24) is 10.2 Å². The summed E-state index contributed by atoms with van der Waals surface area (Å²) >= 11 is 3.44. The van der Waals surface area contributed by atoms with Gasteiger partial charge in [0, 0.05) is 10.0 Å². The number of ether oxygens (including phenoxy) is 1. The molecule has 2 aromatic carbocycles. The van der Waals surface area contributed by atoms with Crippen LogP contribution in [0.2, 0.25) is 0 Å². The molecule has 0 aliphatic carbocycles. The lowest BCUT2D eigenvalue weighted by Crippen LogP contribution is -1.90. The van der Waals surface area contributed by atoms with Gasteiger partial charge < -0.3 is 10.5 Å². The summed E-state index contributed by atoms with van der Waals surface area (Å²) in [6, 6.07) is 15.8. The lowest BCUT2D eigenvalue weighted by atomic mass is 10.0. The Morgan fingerprint density at radius 3 is 2.57 bits per heavy atom. The topological polar surface area (TPSA) is 63.9 Å². The van der Waals surface area contributed by atoms with Crippen LogP contribution in [0.3, 0.4) is 0 Å². The van der Waals surface area contributed by atoms with Crippen LogP contribution in [0.15, 0.2) is 53.0 Å². The van der Waals surface area contributed by atoms with E-state index in [1.807, 2.05) is 48.5 Å². The summed E-state index contributed by atoms with van der Waals surface area (Å²) in [6.45, 7) is 0. The van der Waals surface area contributed by atoms with Gasteiger partial charge in [0.2, 0.25) is 0 Å². The van der Waals surface area contributed by atoms with E-state index in [0.29, 0.717) is 5.82 Å². The third-order valence-electron chi connectivity index (χ3n) is 3.29. The third-order valence-corrected chi connectivity index (χ3v) is 3.81. The fourth-order valence-corrected chi connectivity index (χ4v) is 2.52. The number of halogens is 1. The number of hydrogen-bond donors (Lipinski definition) is 2. The highest BCUT2D eigenvalue weighted by molar-refractivity contribution is 9.10. The van der Waals surface area contributed by atoms with Crippen LogP contribution in [0, 0.1) is 0 Å². The number of aromatic amines is 1. The molecule has 21 heavy (non-hydrogen) atoms. The van der Waals surface area contributed by atoms with Crippen LogP contribution in [0.5, 0.6) is 5.75 Å². The molecular formula is C16H14BrN3O. The van der Waals surface area contributed by atoms with Gasteiger partial charge in [-0.1, -0.05) is 40.2 Å².